The topological polar surface area (TPSA) is 84.7 Å². The van der Waals surface area contributed by atoms with Crippen LogP contribution in [0.15, 0.2) is 18.2 Å². The summed E-state index contributed by atoms with van der Waals surface area (Å²) in [5, 5.41) is 3.00. The first kappa shape index (κ1) is 18.7. The number of hydrogen-bond acceptors (Lipinski definition) is 4. The molecule has 0 saturated carbocycles. The van der Waals surface area contributed by atoms with Crippen molar-refractivity contribution >= 4 is 35.6 Å². The van der Waals surface area contributed by atoms with Crippen molar-refractivity contribution in [2.75, 3.05) is 36.5 Å². The molecular formula is C17H24ClN3O3. The zero-order valence-corrected chi connectivity index (χ0v) is 14.7. The summed E-state index contributed by atoms with van der Waals surface area (Å²) in [6, 6.07) is 5.71. The van der Waals surface area contributed by atoms with E-state index in [1.807, 2.05) is 18.2 Å². The Labute approximate surface area is 148 Å². The number of amides is 2. The minimum absolute atomic E-state index is 0. The third-order valence-electron chi connectivity index (χ3n) is 4.94. The lowest BCUT2D eigenvalue weighted by Crippen LogP contribution is -2.46. The first-order valence-corrected chi connectivity index (χ1v) is 8.06. The standard InChI is InChI=1S/C17H23N3O3.ClH/c1-12(21)20-7-4-13-10-14(2-3-15(13)20)19-16(22)17(11-18)5-8-23-9-6-17;/h2-3,10H,4-9,11,18H2,1H3,(H,19,22);1H. The number of nitrogens with two attached hydrogens (primary N) is 1. The molecule has 0 aliphatic carbocycles. The quantitative estimate of drug-likeness (QED) is 0.866. The third-order valence-corrected chi connectivity index (χ3v) is 4.94. The fraction of sp³-hybridized carbons (Fsp3) is 0.529. The fourth-order valence-corrected chi connectivity index (χ4v) is 3.36. The van der Waals surface area contributed by atoms with Crippen LogP contribution >= 0.6 is 12.4 Å². The predicted octanol–water partition coefficient (Wildman–Crippen LogP) is 1.71. The molecule has 1 saturated heterocycles. The Hall–Kier alpha value is -1.63. The van der Waals surface area contributed by atoms with Gasteiger partial charge in [-0.15, -0.1) is 12.4 Å². The lowest BCUT2D eigenvalue weighted by atomic mass is 9.79. The average molecular weight is 354 g/mol. The van der Waals surface area contributed by atoms with Gasteiger partial charge in [-0.2, -0.15) is 0 Å². The van der Waals surface area contributed by atoms with Gasteiger partial charge in [0.1, 0.15) is 0 Å². The molecule has 0 bridgehead atoms. The zero-order chi connectivity index (χ0) is 16.4. The largest absolute Gasteiger partial charge is 0.381 e. The van der Waals surface area contributed by atoms with Gasteiger partial charge < -0.3 is 20.7 Å². The van der Waals surface area contributed by atoms with E-state index in [2.05, 4.69) is 5.32 Å². The summed E-state index contributed by atoms with van der Waals surface area (Å²) >= 11 is 0. The van der Waals surface area contributed by atoms with Crippen LogP contribution < -0.4 is 16.0 Å². The molecule has 1 aromatic carbocycles. The molecule has 2 aliphatic heterocycles. The first-order valence-electron chi connectivity index (χ1n) is 8.06. The van der Waals surface area contributed by atoms with E-state index >= 15 is 0 Å². The van der Waals surface area contributed by atoms with E-state index in [1.54, 1.807) is 11.8 Å². The van der Waals surface area contributed by atoms with Crippen LogP contribution in [0.5, 0.6) is 0 Å². The van der Waals surface area contributed by atoms with E-state index < -0.39 is 5.41 Å². The van der Waals surface area contributed by atoms with E-state index in [-0.39, 0.29) is 24.2 Å². The molecule has 0 radical (unpaired) electrons. The number of nitrogens with one attached hydrogen (secondary N) is 1. The van der Waals surface area contributed by atoms with Gasteiger partial charge in [0.15, 0.2) is 0 Å². The third kappa shape index (κ3) is 3.41. The van der Waals surface area contributed by atoms with Crippen molar-refractivity contribution in [2.24, 2.45) is 11.1 Å². The molecule has 0 aromatic heterocycles. The van der Waals surface area contributed by atoms with Crippen molar-refractivity contribution in [3.63, 3.8) is 0 Å². The number of rotatable bonds is 3. The van der Waals surface area contributed by atoms with Crippen LogP contribution in [0, 0.1) is 5.41 Å². The SMILES string of the molecule is CC(=O)N1CCc2cc(NC(=O)C3(CN)CCOCC3)ccc21.Cl. The zero-order valence-electron chi connectivity index (χ0n) is 13.8. The summed E-state index contributed by atoms with van der Waals surface area (Å²) in [7, 11) is 0. The summed E-state index contributed by atoms with van der Waals surface area (Å²) in [6.07, 6.45) is 2.12. The smallest absolute Gasteiger partial charge is 0.232 e. The predicted molar refractivity (Wildman–Crippen MR) is 95.6 cm³/mol. The molecule has 0 unspecified atom stereocenters. The van der Waals surface area contributed by atoms with E-state index in [4.69, 9.17) is 10.5 Å². The normalized spacial score (nSPS) is 18.5. The van der Waals surface area contributed by atoms with Crippen molar-refractivity contribution in [2.45, 2.75) is 26.2 Å². The first-order chi connectivity index (χ1) is 11.1. The summed E-state index contributed by atoms with van der Waals surface area (Å²) < 4.78 is 5.35. The lowest BCUT2D eigenvalue weighted by Gasteiger charge is -2.34. The Morgan fingerprint density at radius 1 is 1.33 bits per heavy atom. The summed E-state index contributed by atoms with van der Waals surface area (Å²) in [4.78, 5) is 26.0. The number of benzene rings is 1. The summed E-state index contributed by atoms with van der Waals surface area (Å²) in [5.74, 6) is 0.00879. The molecule has 2 aliphatic rings. The number of carbonyl (C=O) groups is 2. The second kappa shape index (κ2) is 7.51. The Kier molecular flexibility index (Phi) is 5.85. The van der Waals surface area contributed by atoms with Gasteiger partial charge in [0.25, 0.3) is 0 Å². The molecule has 2 heterocycles. The van der Waals surface area contributed by atoms with Gasteiger partial charge in [0.2, 0.25) is 11.8 Å². The Bertz CT molecular complexity index is 630. The monoisotopic (exact) mass is 353 g/mol. The highest BCUT2D eigenvalue weighted by molar-refractivity contribution is 5.97. The molecule has 6 nitrogen and oxygen atoms in total. The van der Waals surface area contributed by atoms with E-state index in [0.29, 0.717) is 39.1 Å². The second-order valence-corrected chi connectivity index (χ2v) is 6.32. The molecule has 3 rings (SSSR count). The molecule has 132 valence electrons. The van der Waals surface area contributed by atoms with Crippen molar-refractivity contribution in [1.29, 1.82) is 0 Å². The van der Waals surface area contributed by atoms with Crippen LogP contribution in [-0.4, -0.2) is 38.1 Å². The van der Waals surface area contributed by atoms with Gasteiger partial charge in [-0.05, 0) is 43.0 Å². The number of hydrogen-bond donors (Lipinski definition) is 2. The molecule has 7 heteroatoms. The molecule has 1 aromatic rings. The average Bonchev–Trinajstić information content (AvgIpc) is 2.98. The Balaban J connectivity index is 0.00000208. The van der Waals surface area contributed by atoms with Gasteiger partial charge in [0, 0.05) is 44.6 Å². The highest BCUT2D eigenvalue weighted by atomic mass is 35.5. The number of halogens is 1. The minimum atomic E-state index is -0.539. The van der Waals surface area contributed by atoms with Crippen LogP contribution in [-0.2, 0) is 20.7 Å². The number of nitrogens with zero attached hydrogens (tertiary/aromatic N) is 1. The molecule has 1 fully saturated rings. The maximum atomic E-state index is 12.7. The molecule has 0 atom stereocenters. The Morgan fingerprint density at radius 2 is 2.04 bits per heavy atom. The fourth-order valence-electron chi connectivity index (χ4n) is 3.36. The van der Waals surface area contributed by atoms with Gasteiger partial charge in [-0.3, -0.25) is 9.59 Å². The lowest BCUT2D eigenvalue weighted by molar-refractivity contribution is -0.130. The summed E-state index contributed by atoms with van der Waals surface area (Å²) in [5.41, 5.74) is 8.13. The second-order valence-electron chi connectivity index (χ2n) is 6.32. The summed E-state index contributed by atoms with van der Waals surface area (Å²) in [6.45, 7) is 3.74. The van der Waals surface area contributed by atoms with E-state index in [1.165, 1.54) is 0 Å². The van der Waals surface area contributed by atoms with E-state index in [9.17, 15) is 9.59 Å². The van der Waals surface area contributed by atoms with Crippen LogP contribution in [0.2, 0.25) is 0 Å². The number of ether oxygens (including phenoxy) is 1. The van der Waals surface area contributed by atoms with Gasteiger partial charge in [-0.1, -0.05) is 0 Å². The minimum Gasteiger partial charge on any atom is -0.381 e. The number of fused-ring (bicyclic) bond motifs is 1. The molecular weight excluding hydrogens is 330 g/mol. The van der Waals surface area contributed by atoms with Crippen molar-refractivity contribution in [3.05, 3.63) is 23.8 Å². The number of anilines is 2. The Morgan fingerprint density at radius 3 is 2.67 bits per heavy atom. The maximum Gasteiger partial charge on any atom is 0.232 e. The van der Waals surface area contributed by atoms with Gasteiger partial charge in [-0.25, -0.2) is 0 Å². The van der Waals surface area contributed by atoms with Gasteiger partial charge in [0.05, 0.1) is 5.41 Å². The highest BCUT2D eigenvalue weighted by Gasteiger charge is 2.38. The van der Waals surface area contributed by atoms with Crippen LogP contribution in [0.4, 0.5) is 11.4 Å². The maximum absolute atomic E-state index is 12.7. The number of carbonyl (C=O) groups excluding carboxylic acids is 2. The molecule has 3 N–H and O–H groups in total. The van der Waals surface area contributed by atoms with Crippen LogP contribution in [0.25, 0.3) is 0 Å². The molecule has 2 amide bonds. The van der Waals surface area contributed by atoms with E-state index in [0.717, 1.165) is 23.4 Å². The van der Waals surface area contributed by atoms with Gasteiger partial charge >= 0.3 is 0 Å². The van der Waals surface area contributed by atoms with Crippen molar-refractivity contribution in [3.8, 4) is 0 Å². The molecule has 24 heavy (non-hydrogen) atoms. The van der Waals surface area contributed by atoms with Crippen molar-refractivity contribution in [1.82, 2.24) is 0 Å². The molecule has 0 spiro atoms. The van der Waals surface area contributed by atoms with Crippen molar-refractivity contribution < 1.29 is 14.3 Å². The van der Waals surface area contributed by atoms with Crippen LogP contribution in [0.1, 0.15) is 25.3 Å². The highest BCUT2D eigenvalue weighted by Crippen LogP contribution is 2.33. The van der Waals surface area contributed by atoms with Crippen LogP contribution in [0.3, 0.4) is 0 Å².